The van der Waals surface area contributed by atoms with E-state index in [9.17, 15) is 4.79 Å². The van der Waals surface area contributed by atoms with E-state index in [1.807, 2.05) is 11.8 Å². The molecule has 0 spiro atoms. The number of benzene rings is 1. The number of nitrogen functional groups attached to an aromatic ring is 1. The maximum atomic E-state index is 11.4. The molecule has 1 aliphatic rings. The predicted molar refractivity (Wildman–Crippen MR) is 78.4 cm³/mol. The number of thioether (sulfide) groups is 1. The molecule has 0 aromatic heterocycles. The number of nitrogens with two attached hydrogens (primary N) is 2. The lowest BCUT2D eigenvalue weighted by molar-refractivity contribution is 0.100. The third kappa shape index (κ3) is 2.67. The summed E-state index contributed by atoms with van der Waals surface area (Å²) in [4.78, 5) is 11.4. The third-order valence-corrected chi connectivity index (χ3v) is 4.92. The summed E-state index contributed by atoms with van der Waals surface area (Å²) in [5.41, 5.74) is 12.4. The van der Waals surface area contributed by atoms with Gasteiger partial charge in [0.25, 0.3) is 5.91 Å². The van der Waals surface area contributed by atoms with Gasteiger partial charge in [-0.05, 0) is 31.2 Å². The van der Waals surface area contributed by atoms with Crippen molar-refractivity contribution < 1.29 is 4.79 Å². The molecule has 5 N–H and O–H groups in total. The Balaban J connectivity index is 2.23. The number of anilines is 2. The summed E-state index contributed by atoms with van der Waals surface area (Å²) in [6.07, 6.45) is 4.45. The second kappa shape index (κ2) is 4.90. The van der Waals surface area contributed by atoms with Gasteiger partial charge in [-0.2, -0.15) is 11.8 Å². The molecule has 0 aliphatic heterocycles. The zero-order valence-electron chi connectivity index (χ0n) is 10.1. The Hall–Kier alpha value is -1.07. The molecule has 18 heavy (non-hydrogen) atoms. The molecule has 1 amide bonds. The molecule has 0 bridgehead atoms. The van der Waals surface area contributed by atoms with Gasteiger partial charge in [-0.1, -0.05) is 11.6 Å². The Morgan fingerprint density at radius 3 is 2.72 bits per heavy atom. The molecule has 98 valence electrons. The van der Waals surface area contributed by atoms with Crippen LogP contribution in [0.15, 0.2) is 12.1 Å². The lowest BCUT2D eigenvalue weighted by Gasteiger charge is -2.17. The first-order chi connectivity index (χ1) is 8.47. The lowest BCUT2D eigenvalue weighted by atomic mass is 10.1. The number of hydrogen-bond donors (Lipinski definition) is 3. The molecule has 0 saturated heterocycles. The second-order valence-corrected chi connectivity index (χ2v) is 6.21. The Morgan fingerprint density at radius 1 is 1.56 bits per heavy atom. The lowest BCUT2D eigenvalue weighted by Crippen LogP contribution is -2.21. The molecule has 0 heterocycles. The molecule has 1 saturated carbocycles. The number of carbonyl (C=O) groups excluding carboxylic acids is 1. The van der Waals surface area contributed by atoms with Crippen molar-refractivity contribution >= 4 is 40.6 Å². The number of rotatable bonds is 5. The maximum absolute atomic E-state index is 11.4. The standard InChI is InChI=1S/C12H16ClN3OS/c1-18-12(2-3-12)6-16-10-8(11(15)17)4-7(14)5-9(10)13/h4-5,16H,2-3,6,14H2,1H3,(H2,15,17). The van der Waals surface area contributed by atoms with Gasteiger partial charge in [-0.25, -0.2) is 0 Å². The van der Waals surface area contributed by atoms with Crippen LogP contribution in [0.5, 0.6) is 0 Å². The second-order valence-electron chi connectivity index (χ2n) is 4.53. The largest absolute Gasteiger partial charge is 0.399 e. The Morgan fingerprint density at radius 2 is 2.22 bits per heavy atom. The zero-order valence-corrected chi connectivity index (χ0v) is 11.7. The smallest absolute Gasteiger partial charge is 0.250 e. The summed E-state index contributed by atoms with van der Waals surface area (Å²) in [5, 5.41) is 3.67. The number of nitrogens with one attached hydrogen (secondary N) is 1. The van der Waals surface area contributed by atoms with Crippen molar-refractivity contribution in [2.45, 2.75) is 17.6 Å². The van der Waals surface area contributed by atoms with Crippen LogP contribution >= 0.6 is 23.4 Å². The van der Waals surface area contributed by atoms with Crippen LogP contribution < -0.4 is 16.8 Å². The fraction of sp³-hybridized carbons (Fsp3) is 0.417. The van der Waals surface area contributed by atoms with Crippen molar-refractivity contribution in [3.05, 3.63) is 22.7 Å². The third-order valence-electron chi connectivity index (χ3n) is 3.21. The minimum atomic E-state index is -0.527. The van der Waals surface area contributed by atoms with Crippen molar-refractivity contribution in [1.82, 2.24) is 0 Å². The van der Waals surface area contributed by atoms with E-state index in [0.29, 0.717) is 22.0 Å². The van der Waals surface area contributed by atoms with E-state index in [0.717, 1.165) is 6.54 Å². The number of hydrogen-bond acceptors (Lipinski definition) is 4. The molecule has 1 aliphatic carbocycles. The van der Waals surface area contributed by atoms with Crippen LogP contribution in [0, 0.1) is 0 Å². The first-order valence-electron chi connectivity index (χ1n) is 5.65. The highest BCUT2D eigenvalue weighted by Gasteiger charge is 2.41. The maximum Gasteiger partial charge on any atom is 0.250 e. The van der Waals surface area contributed by atoms with Crippen LogP contribution in [0.25, 0.3) is 0 Å². The molecule has 0 atom stereocenters. The highest BCUT2D eigenvalue weighted by Crippen LogP contribution is 2.47. The molecule has 2 rings (SSSR count). The average molecular weight is 286 g/mol. The van der Waals surface area contributed by atoms with Crippen LogP contribution in [0.2, 0.25) is 5.02 Å². The monoisotopic (exact) mass is 285 g/mol. The highest BCUT2D eigenvalue weighted by molar-refractivity contribution is 8.00. The van der Waals surface area contributed by atoms with Gasteiger partial charge < -0.3 is 16.8 Å². The van der Waals surface area contributed by atoms with E-state index in [-0.39, 0.29) is 4.75 Å². The number of halogens is 1. The van der Waals surface area contributed by atoms with E-state index in [4.69, 9.17) is 23.1 Å². The first kappa shape index (κ1) is 13.4. The molecule has 1 fully saturated rings. The highest BCUT2D eigenvalue weighted by atomic mass is 35.5. The Labute approximate surface area is 115 Å². The van der Waals surface area contributed by atoms with Crippen molar-refractivity contribution in [3.8, 4) is 0 Å². The van der Waals surface area contributed by atoms with Gasteiger partial charge in [0.1, 0.15) is 0 Å². The van der Waals surface area contributed by atoms with Gasteiger partial charge in [0.2, 0.25) is 0 Å². The summed E-state index contributed by atoms with van der Waals surface area (Å²) in [5.74, 6) is -0.527. The van der Waals surface area contributed by atoms with Crippen LogP contribution in [0.4, 0.5) is 11.4 Å². The summed E-state index contributed by atoms with van der Waals surface area (Å²) in [6, 6.07) is 3.17. The average Bonchev–Trinajstić information content (AvgIpc) is 3.07. The summed E-state index contributed by atoms with van der Waals surface area (Å²) in [7, 11) is 0. The fourth-order valence-corrected chi connectivity index (χ4v) is 2.87. The fourth-order valence-electron chi connectivity index (χ4n) is 1.84. The van der Waals surface area contributed by atoms with E-state index >= 15 is 0 Å². The van der Waals surface area contributed by atoms with Crippen LogP contribution in [-0.4, -0.2) is 23.5 Å². The number of carbonyl (C=O) groups is 1. The van der Waals surface area contributed by atoms with Crippen LogP contribution in [-0.2, 0) is 0 Å². The van der Waals surface area contributed by atoms with Gasteiger partial charge in [0.05, 0.1) is 16.3 Å². The van der Waals surface area contributed by atoms with Crippen molar-refractivity contribution in [3.63, 3.8) is 0 Å². The van der Waals surface area contributed by atoms with E-state index in [1.165, 1.54) is 12.8 Å². The van der Waals surface area contributed by atoms with Gasteiger partial charge in [0, 0.05) is 17.0 Å². The normalized spacial score (nSPS) is 16.3. The van der Waals surface area contributed by atoms with Crippen molar-refractivity contribution in [1.29, 1.82) is 0 Å². The minimum Gasteiger partial charge on any atom is -0.399 e. The first-order valence-corrected chi connectivity index (χ1v) is 7.25. The molecule has 0 unspecified atom stereocenters. The Bertz CT molecular complexity index is 488. The van der Waals surface area contributed by atoms with Crippen molar-refractivity contribution in [2.75, 3.05) is 23.9 Å². The number of amides is 1. The predicted octanol–water partition coefficient (Wildman–Crippen LogP) is 2.33. The summed E-state index contributed by atoms with van der Waals surface area (Å²) >= 11 is 7.95. The molecule has 0 radical (unpaired) electrons. The van der Waals surface area contributed by atoms with Crippen LogP contribution in [0.3, 0.4) is 0 Å². The molecule has 1 aromatic carbocycles. The van der Waals surface area contributed by atoms with Gasteiger partial charge in [-0.3, -0.25) is 4.79 Å². The van der Waals surface area contributed by atoms with Crippen LogP contribution in [0.1, 0.15) is 23.2 Å². The van der Waals surface area contributed by atoms with Gasteiger partial charge >= 0.3 is 0 Å². The van der Waals surface area contributed by atoms with Gasteiger partial charge in [0.15, 0.2) is 0 Å². The molecular formula is C12H16ClN3OS. The van der Waals surface area contributed by atoms with E-state index < -0.39 is 5.91 Å². The van der Waals surface area contributed by atoms with E-state index in [1.54, 1.807) is 12.1 Å². The van der Waals surface area contributed by atoms with E-state index in [2.05, 4.69) is 11.6 Å². The molecular weight excluding hydrogens is 270 g/mol. The quantitative estimate of drug-likeness (QED) is 0.725. The molecule has 6 heteroatoms. The molecule has 1 aromatic rings. The minimum absolute atomic E-state index is 0.277. The Kier molecular flexibility index (Phi) is 3.64. The number of primary amides is 1. The van der Waals surface area contributed by atoms with Crippen molar-refractivity contribution in [2.24, 2.45) is 5.73 Å². The topological polar surface area (TPSA) is 81.1 Å². The summed E-state index contributed by atoms with van der Waals surface area (Å²) in [6.45, 7) is 0.776. The SMILES string of the molecule is CSC1(CNc2c(Cl)cc(N)cc2C(N)=O)CC1. The zero-order chi connectivity index (χ0) is 13.3. The summed E-state index contributed by atoms with van der Waals surface area (Å²) < 4.78 is 0.277. The molecule has 4 nitrogen and oxygen atoms in total. The van der Waals surface area contributed by atoms with Gasteiger partial charge in [-0.15, -0.1) is 0 Å².